The summed E-state index contributed by atoms with van der Waals surface area (Å²) in [5.41, 5.74) is 3.45. The van der Waals surface area contributed by atoms with Gasteiger partial charge in [0.15, 0.2) is 0 Å². The van der Waals surface area contributed by atoms with Crippen molar-refractivity contribution in [3.05, 3.63) is 83.7 Å². The van der Waals surface area contributed by atoms with Crippen LogP contribution >= 0.6 is 0 Å². The first kappa shape index (κ1) is 17.9. The summed E-state index contributed by atoms with van der Waals surface area (Å²) in [4.78, 5) is 16.3. The highest BCUT2D eigenvalue weighted by molar-refractivity contribution is 5.78. The zero-order chi connectivity index (χ0) is 18.7. The number of pyridine rings is 1. The van der Waals surface area contributed by atoms with Crippen molar-refractivity contribution in [1.29, 1.82) is 0 Å². The van der Waals surface area contributed by atoms with Crippen molar-refractivity contribution in [1.82, 2.24) is 4.98 Å². The number of nitrogens with one attached hydrogen (secondary N) is 1. The number of benzene rings is 1. The van der Waals surface area contributed by atoms with E-state index in [4.69, 9.17) is 0 Å². The van der Waals surface area contributed by atoms with Gasteiger partial charge in [0, 0.05) is 24.0 Å². The Balaban J connectivity index is 2.13. The number of rotatable bonds is 5. The standard InChI is InChI=1S/C22H24N2O2/c1-15-8-6-11-20(16(15)2)24-22(12-5-4-10-19(22)21(25)26)17(3)18-9-7-13-23-14-18/h4-14,17,19,24H,1-3H3,(H,25,26). The molecule has 1 aliphatic carbocycles. The minimum absolute atomic E-state index is 0.0987. The van der Waals surface area contributed by atoms with Crippen molar-refractivity contribution in [2.45, 2.75) is 32.2 Å². The quantitative estimate of drug-likeness (QED) is 0.836. The highest BCUT2D eigenvalue weighted by atomic mass is 16.4. The van der Waals surface area contributed by atoms with E-state index in [1.54, 1.807) is 18.3 Å². The first-order valence-electron chi connectivity index (χ1n) is 8.79. The predicted octanol–water partition coefficient (Wildman–Crippen LogP) is 4.48. The highest BCUT2D eigenvalue weighted by Crippen LogP contribution is 2.41. The van der Waals surface area contributed by atoms with E-state index >= 15 is 0 Å². The second kappa shape index (κ2) is 7.16. The summed E-state index contributed by atoms with van der Waals surface area (Å²) in [5, 5.41) is 13.5. The number of aryl methyl sites for hydroxylation is 1. The topological polar surface area (TPSA) is 62.2 Å². The van der Waals surface area contributed by atoms with Gasteiger partial charge < -0.3 is 10.4 Å². The number of anilines is 1. The van der Waals surface area contributed by atoms with Gasteiger partial charge >= 0.3 is 5.97 Å². The lowest BCUT2D eigenvalue weighted by Crippen LogP contribution is -2.51. The number of nitrogens with zero attached hydrogens (tertiary/aromatic N) is 1. The van der Waals surface area contributed by atoms with Crippen LogP contribution in [0.3, 0.4) is 0 Å². The maximum Gasteiger partial charge on any atom is 0.313 e. The zero-order valence-electron chi connectivity index (χ0n) is 15.3. The molecule has 3 rings (SSSR count). The molecule has 0 saturated carbocycles. The Morgan fingerprint density at radius 2 is 2.04 bits per heavy atom. The predicted molar refractivity (Wildman–Crippen MR) is 104 cm³/mol. The molecule has 0 bridgehead atoms. The lowest BCUT2D eigenvalue weighted by Gasteiger charge is -2.43. The Bertz CT molecular complexity index is 858. The number of hydrogen-bond acceptors (Lipinski definition) is 3. The number of hydrogen-bond donors (Lipinski definition) is 2. The molecule has 134 valence electrons. The molecule has 2 N–H and O–H groups in total. The molecule has 0 amide bonds. The third-order valence-corrected chi connectivity index (χ3v) is 5.42. The van der Waals surface area contributed by atoms with E-state index in [-0.39, 0.29) is 5.92 Å². The summed E-state index contributed by atoms with van der Waals surface area (Å²) in [7, 11) is 0. The summed E-state index contributed by atoms with van der Waals surface area (Å²) in [6.07, 6.45) is 11.0. The van der Waals surface area contributed by atoms with Crippen LogP contribution in [0.1, 0.15) is 29.5 Å². The lowest BCUT2D eigenvalue weighted by atomic mass is 9.69. The van der Waals surface area contributed by atoms with Gasteiger partial charge in [0.05, 0.1) is 5.54 Å². The van der Waals surface area contributed by atoms with Gasteiger partial charge in [0.2, 0.25) is 0 Å². The van der Waals surface area contributed by atoms with E-state index in [2.05, 4.69) is 37.1 Å². The van der Waals surface area contributed by atoms with Gasteiger partial charge in [-0.3, -0.25) is 9.78 Å². The third kappa shape index (κ3) is 3.15. The van der Waals surface area contributed by atoms with Crippen LogP contribution in [0.4, 0.5) is 5.69 Å². The van der Waals surface area contributed by atoms with Crippen molar-refractivity contribution < 1.29 is 9.90 Å². The third-order valence-electron chi connectivity index (χ3n) is 5.42. The molecule has 1 aromatic heterocycles. The fourth-order valence-electron chi connectivity index (χ4n) is 3.61. The Morgan fingerprint density at radius 3 is 2.73 bits per heavy atom. The maximum atomic E-state index is 12.1. The molecular formula is C22H24N2O2. The molecule has 0 aliphatic heterocycles. The molecule has 0 spiro atoms. The molecular weight excluding hydrogens is 324 g/mol. The molecule has 3 unspecified atom stereocenters. The van der Waals surface area contributed by atoms with E-state index in [1.807, 2.05) is 42.6 Å². The number of carboxylic acids is 1. The molecule has 4 nitrogen and oxygen atoms in total. The zero-order valence-corrected chi connectivity index (χ0v) is 15.3. The average Bonchev–Trinajstić information content (AvgIpc) is 2.65. The normalized spacial score (nSPS) is 22.8. The van der Waals surface area contributed by atoms with E-state index in [1.165, 1.54) is 5.56 Å². The number of allylic oxidation sites excluding steroid dienone is 2. The second-order valence-corrected chi connectivity index (χ2v) is 6.87. The van der Waals surface area contributed by atoms with E-state index in [9.17, 15) is 9.90 Å². The minimum atomic E-state index is -0.848. The van der Waals surface area contributed by atoms with Gasteiger partial charge in [-0.05, 0) is 42.7 Å². The second-order valence-electron chi connectivity index (χ2n) is 6.87. The fourth-order valence-corrected chi connectivity index (χ4v) is 3.61. The van der Waals surface area contributed by atoms with Crippen molar-refractivity contribution in [3.63, 3.8) is 0 Å². The average molecular weight is 348 g/mol. The van der Waals surface area contributed by atoms with Crippen LogP contribution in [0.5, 0.6) is 0 Å². The number of aromatic nitrogens is 1. The summed E-state index contributed by atoms with van der Waals surface area (Å²) in [6.45, 7) is 6.16. The number of carboxylic acid groups (broad SMARTS) is 1. The summed E-state index contributed by atoms with van der Waals surface area (Å²) >= 11 is 0. The Morgan fingerprint density at radius 1 is 1.23 bits per heavy atom. The van der Waals surface area contributed by atoms with Crippen LogP contribution in [-0.4, -0.2) is 21.6 Å². The molecule has 2 aromatic rings. The maximum absolute atomic E-state index is 12.1. The molecule has 1 heterocycles. The molecule has 4 heteroatoms. The van der Waals surface area contributed by atoms with Gasteiger partial charge in [-0.25, -0.2) is 0 Å². The van der Waals surface area contributed by atoms with Crippen LogP contribution in [0.2, 0.25) is 0 Å². The molecule has 1 aromatic carbocycles. The van der Waals surface area contributed by atoms with Crippen LogP contribution < -0.4 is 5.32 Å². The molecule has 3 atom stereocenters. The van der Waals surface area contributed by atoms with Gasteiger partial charge in [0.1, 0.15) is 5.92 Å². The molecule has 0 fully saturated rings. The van der Waals surface area contributed by atoms with Crippen molar-refractivity contribution >= 4 is 11.7 Å². The monoisotopic (exact) mass is 348 g/mol. The number of carbonyl (C=O) groups is 1. The summed E-state index contributed by atoms with van der Waals surface area (Å²) in [5.74, 6) is -1.64. The largest absolute Gasteiger partial charge is 0.481 e. The molecule has 1 aliphatic rings. The Hall–Kier alpha value is -2.88. The van der Waals surface area contributed by atoms with Crippen molar-refractivity contribution in [2.24, 2.45) is 5.92 Å². The van der Waals surface area contributed by atoms with Gasteiger partial charge in [0.25, 0.3) is 0 Å². The lowest BCUT2D eigenvalue weighted by molar-refractivity contribution is -0.141. The van der Waals surface area contributed by atoms with Crippen molar-refractivity contribution in [2.75, 3.05) is 5.32 Å². The summed E-state index contributed by atoms with van der Waals surface area (Å²) in [6, 6.07) is 9.93. The van der Waals surface area contributed by atoms with Crippen molar-refractivity contribution in [3.8, 4) is 0 Å². The first-order chi connectivity index (χ1) is 12.5. The Kier molecular flexibility index (Phi) is 4.94. The minimum Gasteiger partial charge on any atom is -0.481 e. The van der Waals surface area contributed by atoms with Crippen LogP contribution in [0.15, 0.2) is 67.0 Å². The van der Waals surface area contributed by atoms with E-state index in [0.717, 1.165) is 16.8 Å². The van der Waals surface area contributed by atoms with Gasteiger partial charge in [-0.1, -0.05) is 49.4 Å². The number of aliphatic carboxylic acids is 1. The molecule has 26 heavy (non-hydrogen) atoms. The van der Waals surface area contributed by atoms with E-state index in [0.29, 0.717) is 0 Å². The fraction of sp³-hybridized carbons (Fsp3) is 0.273. The summed E-state index contributed by atoms with van der Waals surface area (Å²) < 4.78 is 0. The van der Waals surface area contributed by atoms with Gasteiger partial charge in [-0.2, -0.15) is 0 Å². The Labute approximate surface area is 154 Å². The van der Waals surface area contributed by atoms with E-state index < -0.39 is 17.4 Å². The smallest absolute Gasteiger partial charge is 0.313 e. The van der Waals surface area contributed by atoms with Crippen LogP contribution in [-0.2, 0) is 4.79 Å². The van der Waals surface area contributed by atoms with Gasteiger partial charge in [-0.15, -0.1) is 0 Å². The first-order valence-corrected chi connectivity index (χ1v) is 8.79. The highest BCUT2D eigenvalue weighted by Gasteiger charge is 2.46. The molecule has 0 saturated heterocycles. The SMILES string of the molecule is Cc1cccc(NC2(C(C)c3cccnc3)C=CC=CC2C(=O)O)c1C. The van der Waals surface area contributed by atoms with Crippen LogP contribution in [0, 0.1) is 19.8 Å². The van der Waals surface area contributed by atoms with Crippen LogP contribution in [0.25, 0.3) is 0 Å². The molecule has 0 radical (unpaired) electrons.